The van der Waals surface area contributed by atoms with Gasteiger partial charge < -0.3 is 0 Å². The predicted octanol–water partition coefficient (Wildman–Crippen LogP) is 4.63. The fraction of sp³-hybridized carbons (Fsp3) is 0.636. The van der Waals surface area contributed by atoms with Crippen molar-refractivity contribution in [2.24, 2.45) is 11.8 Å². The highest BCUT2D eigenvalue weighted by atomic mass is 35.5. The molecule has 74 valence electrons. The summed E-state index contributed by atoms with van der Waals surface area (Å²) >= 11 is 7.59. The Labute approximate surface area is 89.9 Å². The van der Waals surface area contributed by atoms with Crippen LogP contribution in [-0.4, -0.2) is 0 Å². The lowest BCUT2D eigenvalue weighted by atomic mass is 9.90. The van der Waals surface area contributed by atoms with Crippen molar-refractivity contribution in [2.45, 2.75) is 33.6 Å². The van der Waals surface area contributed by atoms with Crippen LogP contribution in [0.3, 0.4) is 0 Å². The molecule has 2 atom stereocenters. The molecular formula is C11H17ClS. The highest BCUT2D eigenvalue weighted by molar-refractivity contribution is 7.16. The van der Waals surface area contributed by atoms with Gasteiger partial charge in [-0.15, -0.1) is 11.3 Å². The van der Waals surface area contributed by atoms with Crippen LogP contribution in [-0.2, 0) is 6.42 Å². The van der Waals surface area contributed by atoms with Crippen LogP contribution in [0.2, 0.25) is 4.34 Å². The third kappa shape index (κ3) is 3.32. The second-order valence-electron chi connectivity index (χ2n) is 3.77. The van der Waals surface area contributed by atoms with E-state index >= 15 is 0 Å². The molecule has 1 aromatic heterocycles. The first-order valence-electron chi connectivity index (χ1n) is 4.87. The van der Waals surface area contributed by atoms with Gasteiger partial charge in [0.25, 0.3) is 0 Å². The lowest BCUT2D eigenvalue weighted by Crippen LogP contribution is -2.08. The molecule has 0 N–H and O–H groups in total. The summed E-state index contributed by atoms with van der Waals surface area (Å²) in [7, 11) is 0. The van der Waals surface area contributed by atoms with Crippen molar-refractivity contribution in [3.8, 4) is 0 Å². The first kappa shape index (κ1) is 11.1. The summed E-state index contributed by atoms with van der Waals surface area (Å²) in [6.07, 6.45) is 2.44. The summed E-state index contributed by atoms with van der Waals surface area (Å²) in [6, 6.07) is 4.14. The lowest BCUT2D eigenvalue weighted by Gasteiger charge is -2.16. The van der Waals surface area contributed by atoms with Crippen LogP contribution in [0.5, 0.6) is 0 Å². The van der Waals surface area contributed by atoms with E-state index in [0.717, 1.165) is 16.2 Å². The van der Waals surface area contributed by atoms with Crippen LogP contribution in [0.4, 0.5) is 0 Å². The van der Waals surface area contributed by atoms with E-state index in [4.69, 9.17) is 11.6 Å². The topological polar surface area (TPSA) is 0 Å². The molecular weight excluding hydrogens is 200 g/mol. The molecule has 1 unspecified atom stereocenters. The number of hydrogen-bond acceptors (Lipinski definition) is 1. The molecule has 0 spiro atoms. The van der Waals surface area contributed by atoms with Crippen molar-refractivity contribution < 1.29 is 0 Å². The van der Waals surface area contributed by atoms with Crippen molar-refractivity contribution in [1.82, 2.24) is 0 Å². The molecule has 2 heteroatoms. The van der Waals surface area contributed by atoms with Gasteiger partial charge in [0.2, 0.25) is 0 Å². The van der Waals surface area contributed by atoms with E-state index in [9.17, 15) is 0 Å². The van der Waals surface area contributed by atoms with Crippen molar-refractivity contribution in [2.75, 3.05) is 0 Å². The zero-order valence-electron chi connectivity index (χ0n) is 8.51. The summed E-state index contributed by atoms with van der Waals surface area (Å²) in [5.74, 6) is 1.57. The highest BCUT2D eigenvalue weighted by Gasteiger charge is 2.11. The molecule has 0 aliphatic rings. The molecule has 0 bridgehead atoms. The molecule has 0 aliphatic heterocycles. The number of halogens is 1. The molecule has 0 saturated carbocycles. The standard InChI is InChI=1S/C11H17ClS/c1-4-8(2)9(3)7-10-5-6-11(12)13-10/h5-6,8-9H,4,7H2,1-3H3/t8-,9?/m0/s1. The summed E-state index contributed by atoms with van der Waals surface area (Å²) in [5, 5.41) is 0. The Bertz CT molecular complexity index is 254. The molecule has 0 fully saturated rings. The maximum absolute atomic E-state index is 5.88. The van der Waals surface area contributed by atoms with Gasteiger partial charge in [0.15, 0.2) is 0 Å². The summed E-state index contributed by atoms with van der Waals surface area (Å²) in [5.41, 5.74) is 0. The van der Waals surface area contributed by atoms with Crippen LogP contribution in [0, 0.1) is 11.8 Å². The quantitative estimate of drug-likeness (QED) is 0.689. The lowest BCUT2D eigenvalue weighted by molar-refractivity contribution is 0.377. The summed E-state index contributed by atoms with van der Waals surface area (Å²) < 4.78 is 0.909. The van der Waals surface area contributed by atoms with E-state index in [1.807, 2.05) is 6.07 Å². The Morgan fingerprint density at radius 3 is 2.46 bits per heavy atom. The zero-order chi connectivity index (χ0) is 9.84. The second-order valence-corrected chi connectivity index (χ2v) is 5.57. The normalized spacial score (nSPS) is 15.7. The highest BCUT2D eigenvalue weighted by Crippen LogP contribution is 2.26. The van der Waals surface area contributed by atoms with E-state index in [1.165, 1.54) is 17.7 Å². The average molecular weight is 217 g/mol. The Hall–Kier alpha value is -0.0100. The summed E-state index contributed by atoms with van der Waals surface area (Å²) in [4.78, 5) is 1.41. The Kier molecular flexibility index (Phi) is 4.27. The van der Waals surface area contributed by atoms with Gasteiger partial charge in [-0.2, -0.15) is 0 Å². The first-order chi connectivity index (χ1) is 6.13. The van der Waals surface area contributed by atoms with E-state index in [0.29, 0.717) is 0 Å². The fourth-order valence-corrected chi connectivity index (χ4v) is 2.61. The third-order valence-electron chi connectivity index (χ3n) is 2.77. The number of thiophene rings is 1. The number of hydrogen-bond donors (Lipinski definition) is 0. The second kappa shape index (κ2) is 5.02. The van der Waals surface area contributed by atoms with Crippen LogP contribution in [0.15, 0.2) is 12.1 Å². The Morgan fingerprint density at radius 1 is 1.31 bits per heavy atom. The van der Waals surface area contributed by atoms with Gasteiger partial charge in [-0.1, -0.05) is 38.8 Å². The maximum atomic E-state index is 5.88. The van der Waals surface area contributed by atoms with Gasteiger partial charge in [-0.25, -0.2) is 0 Å². The van der Waals surface area contributed by atoms with Crippen molar-refractivity contribution in [3.05, 3.63) is 21.3 Å². The largest absolute Gasteiger partial charge is 0.128 e. The molecule has 0 radical (unpaired) electrons. The van der Waals surface area contributed by atoms with Crippen LogP contribution < -0.4 is 0 Å². The molecule has 13 heavy (non-hydrogen) atoms. The molecule has 0 nitrogen and oxygen atoms in total. The minimum atomic E-state index is 0.764. The van der Waals surface area contributed by atoms with Gasteiger partial charge in [0.05, 0.1) is 4.34 Å². The molecule has 0 amide bonds. The minimum Gasteiger partial charge on any atom is -0.128 e. The van der Waals surface area contributed by atoms with Crippen LogP contribution in [0.25, 0.3) is 0 Å². The van der Waals surface area contributed by atoms with Gasteiger partial charge in [0, 0.05) is 4.88 Å². The summed E-state index contributed by atoms with van der Waals surface area (Å²) in [6.45, 7) is 6.89. The molecule has 1 rings (SSSR count). The van der Waals surface area contributed by atoms with E-state index in [-0.39, 0.29) is 0 Å². The number of rotatable bonds is 4. The maximum Gasteiger partial charge on any atom is 0.0931 e. The van der Waals surface area contributed by atoms with Crippen molar-refractivity contribution in [3.63, 3.8) is 0 Å². The first-order valence-corrected chi connectivity index (χ1v) is 6.07. The van der Waals surface area contributed by atoms with E-state index in [1.54, 1.807) is 11.3 Å². The van der Waals surface area contributed by atoms with Gasteiger partial charge in [-0.3, -0.25) is 0 Å². The monoisotopic (exact) mass is 216 g/mol. The SMILES string of the molecule is CC[C@H](C)C(C)Cc1ccc(Cl)s1. The Morgan fingerprint density at radius 2 is 2.00 bits per heavy atom. The van der Waals surface area contributed by atoms with Crippen molar-refractivity contribution >= 4 is 22.9 Å². The zero-order valence-corrected chi connectivity index (χ0v) is 10.1. The molecule has 0 aromatic carbocycles. The predicted molar refractivity (Wildman–Crippen MR) is 61.7 cm³/mol. The smallest absolute Gasteiger partial charge is 0.0931 e. The molecule has 0 aliphatic carbocycles. The average Bonchev–Trinajstić information content (AvgIpc) is 2.49. The van der Waals surface area contributed by atoms with Gasteiger partial charge in [-0.05, 0) is 30.4 Å². The van der Waals surface area contributed by atoms with Crippen molar-refractivity contribution in [1.29, 1.82) is 0 Å². The van der Waals surface area contributed by atoms with Gasteiger partial charge >= 0.3 is 0 Å². The van der Waals surface area contributed by atoms with Crippen LogP contribution in [0.1, 0.15) is 32.1 Å². The van der Waals surface area contributed by atoms with Gasteiger partial charge in [0.1, 0.15) is 0 Å². The molecule has 1 aromatic rings. The van der Waals surface area contributed by atoms with E-state index in [2.05, 4.69) is 26.8 Å². The Balaban J connectivity index is 2.49. The fourth-order valence-electron chi connectivity index (χ4n) is 1.38. The van der Waals surface area contributed by atoms with E-state index < -0.39 is 0 Å². The minimum absolute atomic E-state index is 0.764. The molecule has 1 heterocycles. The third-order valence-corrected chi connectivity index (χ3v) is 4.02. The molecule has 0 saturated heterocycles. The van der Waals surface area contributed by atoms with Crippen LogP contribution >= 0.6 is 22.9 Å².